The third-order valence-electron chi connectivity index (χ3n) is 2.32. The van der Waals surface area contributed by atoms with E-state index in [1.165, 1.54) is 0 Å². The Morgan fingerprint density at radius 2 is 1.94 bits per heavy atom. The molecule has 1 heterocycles. The van der Waals surface area contributed by atoms with Crippen LogP contribution in [0, 0.1) is 0 Å². The largest absolute Gasteiger partial charge is 1.00 e. The summed E-state index contributed by atoms with van der Waals surface area (Å²) in [6.07, 6.45) is 5.82. The molecule has 2 aromatic rings. The number of furan rings is 1. The lowest BCUT2D eigenvalue weighted by atomic mass is 10.2. The van der Waals surface area contributed by atoms with E-state index in [2.05, 4.69) is 17.5 Å². The first-order valence-electron chi connectivity index (χ1n) is 5.50. The van der Waals surface area contributed by atoms with Crippen LogP contribution in [0.5, 0.6) is 0 Å². The fraction of sp³-hybridized carbons (Fsp3) is 0.143. The van der Waals surface area contributed by atoms with E-state index in [1.54, 1.807) is 6.26 Å². The van der Waals surface area contributed by atoms with Crippen LogP contribution in [0.1, 0.15) is 11.3 Å². The van der Waals surface area contributed by atoms with E-state index in [9.17, 15) is 0 Å². The predicted octanol–water partition coefficient (Wildman–Crippen LogP) is 0.740. The second-order valence-electron chi connectivity index (χ2n) is 3.66. The molecule has 2 rings (SSSR count). The van der Waals surface area contributed by atoms with Crippen LogP contribution in [0.3, 0.4) is 0 Å². The van der Waals surface area contributed by atoms with E-state index in [1.807, 2.05) is 36.4 Å². The van der Waals surface area contributed by atoms with Crippen molar-refractivity contribution in [2.45, 2.75) is 6.54 Å². The lowest BCUT2D eigenvalue weighted by molar-refractivity contribution is -0.00000381. The predicted molar refractivity (Wildman–Crippen MR) is 70.9 cm³/mol. The molecule has 1 aromatic carbocycles. The van der Waals surface area contributed by atoms with E-state index in [-0.39, 0.29) is 12.4 Å². The molecule has 0 amide bonds. The van der Waals surface area contributed by atoms with Crippen molar-refractivity contribution in [3.8, 4) is 0 Å². The van der Waals surface area contributed by atoms with Crippen LogP contribution in [0.4, 0.5) is 0 Å². The van der Waals surface area contributed by atoms with Crippen LogP contribution >= 0.6 is 11.6 Å². The molecule has 0 radical (unpaired) electrons. The van der Waals surface area contributed by atoms with Gasteiger partial charge in [0, 0.05) is 11.6 Å². The number of nitrogens with one attached hydrogen (secondary N) is 1. The maximum absolute atomic E-state index is 5.81. The van der Waals surface area contributed by atoms with E-state index < -0.39 is 0 Å². The molecule has 0 atom stereocenters. The fourth-order valence-corrected chi connectivity index (χ4v) is 1.59. The minimum absolute atomic E-state index is 0. The minimum atomic E-state index is 0. The second-order valence-corrected chi connectivity index (χ2v) is 4.10. The van der Waals surface area contributed by atoms with Crippen LogP contribution in [0.25, 0.3) is 6.08 Å². The summed E-state index contributed by atoms with van der Waals surface area (Å²) < 4.78 is 5.21. The monoisotopic (exact) mass is 282 g/mol. The molecule has 1 aromatic heterocycles. The molecule has 0 fully saturated rings. The Morgan fingerprint density at radius 1 is 1.17 bits per heavy atom. The molecule has 0 bridgehead atoms. The molecule has 96 valence electrons. The van der Waals surface area contributed by atoms with Gasteiger partial charge in [0.25, 0.3) is 0 Å². The summed E-state index contributed by atoms with van der Waals surface area (Å²) in [4.78, 5) is 0. The van der Waals surface area contributed by atoms with Crippen LogP contribution in [0.15, 0.2) is 53.2 Å². The SMILES string of the molecule is Clc1ccc(/C=C/CNCc2ccco2)cc1.[Cl-]. The third kappa shape index (κ3) is 4.96. The first-order valence-corrected chi connectivity index (χ1v) is 5.87. The van der Waals surface area contributed by atoms with Gasteiger partial charge >= 0.3 is 0 Å². The maximum Gasteiger partial charge on any atom is 0.117 e. The summed E-state index contributed by atoms with van der Waals surface area (Å²) in [5, 5.41) is 4.02. The molecule has 0 aliphatic carbocycles. The summed E-state index contributed by atoms with van der Waals surface area (Å²) in [6.45, 7) is 1.56. The summed E-state index contributed by atoms with van der Waals surface area (Å²) in [5.74, 6) is 0.949. The summed E-state index contributed by atoms with van der Waals surface area (Å²) in [5.41, 5.74) is 1.15. The van der Waals surface area contributed by atoms with Gasteiger partial charge in [0.05, 0.1) is 12.8 Å². The fourth-order valence-electron chi connectivity index (χ4n) is 1.46. The number of halogens is 2. The molecule has 0 spiro atoms. The lowest BCUT2D eigenvalue weighted by Crippen LogP contribution is -3.00. The van der Waals surface area contributed by atoms with Gasteiger partial charge in [-0.1, -0.05) is 35.9 Å². The van der Waals surface area contributed by atoms with Gasteiger partial charge in [-0.2, -0.15) is 0 Å². The van der Waals surface area contributed by atoms with Crippen molar-refractivity contribution in [1.29, 1.82) is 0 Å². The quantitative estimate of drug-likeness (QED) is 0.819. The maximum atomic E-state index is 5.81. The highest BCUT2D eigenvalue weighted by Crippen LogP contribution is 2.10. The highest BCUT2D eigenvalue weighted by atomic mass is 35.5. The molecular formula is C14H14Cl2NO-. The standard InChI is InChI=1S/C14H14ClNO.ClH/c15-13-7-5-12(6-8-13)3-1-9-16-11-14-4-2-10-17-14;/h1-8,10,16H,9,11H2;1H/p-1/b3-1+;. The average Bonchev–Trinajstić information content (AvgIpc) is 2.84. The first kappa shape index (κ1) is 14.8. The molecule has 0 aliphatic rings. The molecular weight excluding hydrogens is 269 g/mol. The zero-order chi connectivity index (χ0) is 11.9. The van der Waals surface area contributed by atoms with Crippen molar-refractivity contribution in [3.05, 3.63) is 65.1 Å². The van der Waals surface area contributed by atoms with Crippen molar-refractivity contribution >= 4 is 17.7 Å². The summed E-state index contributed by atoms with van der Waals surface area (Å²) in [7, 11) is 0. The minimum Gasteiger partial charge on any atom is -1.00 e. The van der Waals surface area contributed by atoms with Gasteiger partial charge in [0.15, 0.2) is 0 Å². The van der Waals surface area contributed by atoms with Gasteiger partial charge in [-0.15, -0.1) is 0 Å². The zero-order valence-electron chi connectivity index (χ0n) is 9.77. The zero-order valence-corrected chi connectivity index (χ0v) is 11.3. The number of hydrogen-bond donors (Lipinski definition) is 1. The number of benzene rings is 1. The normalized spacial score (nSPS) is 10.5. The smallest absolute Gasteiger partial charge is 0.117 e. The summed E-state index contributed by atoms with van der Waals surface area (Å²) in [6, 6.07) is 11.6. The lowest BCUT2D eigenvalue weighted by Gasteiger charge is -1.97. The molecule has 4 heteroatoms. The number of hydrogen-bond acceptors (Lipinski definition) is 2. The molecule has 18 heavy (non-hydrogen) atoms. The van der Waals surface area contributed by atoms with Crippen LogP contribution in [-0.2, 0) is 6.54 Å². The number of rotatable bonds is 5. The first-order chi connectivity index (χ1) is 8.34. The van der Waals surface area contributed by atoms with Gasteiger partial charge in [-0.05, 0) is 29.8 Å². The Bertz CT molecular complexity index is 463. The molecule has 1 N–H and O–H groups in total. The third-order valence-corrected chi connectivity index (χ3v) is 2.57. The van der Waals surface area contributed by atoms with Gasteiger partial charge in [-0.25, -0.2) is 0 Å². The molecule has 2 nitrogen and oxygen atoms in total. The van der Waals surface area contributed by atoms with Crippen molar-refractivity contribution < 1.29 is 16.8 Å². The van der Waals surface area contributed by atoms with E-state index in [4.69, 9.17) is 16.0 Å². The molecule has 0 saturated carbocycles. The Kier molecular flexibility index (Phi) is 6.58. The topological polar surface area (TPSA) is 25.2 Å². The van der Waals surface area contributed by atoms with E-state index in [0.717, 1.165) is 29.4 Å². The van der Waals surface area contributed by atoms with Crippen LogP contribution < -0.4 is 17.7 Å². The van der Waals surface area contributed by atoms with Crippen molar-refractivity contribution in [3.63, 3.8) is 0 Å². The highest BCUT2D eigenvalue weighted by Gasteiger charge is 1.92. The Hall–Kier alpha value is -1.22. The van der Waals surface area contributed by atoms with Crippen LogP contribution in [-0.4, -0.2) is 6.54 Å². The van der Waals surface area contributed by atoms with Gasteiger partial charge < -0.3 is 22.1 Å². The highest BCUT2D eigenvalue weighted by molar-refractivity contribution is 6.30. The van der Waals surface area contributed by atoms with E-state index in [0.29, 0.717) is 0 Å². The second kappa shape index (κ2) is 7.98. The van der Waals surface area contributed by atoms with E-state index >= 15 is 0 Å². The van der Waals surface area contributed by atoms with Crippen molar-refractivity contribution in [2.24, 2.45) is 0 Å². The molecule has 0 saturated heterocycles. The molecule has 0 unspecified atom stereocenters. The Labute approximate surface area is 118 Å². The Morgan fingerprint density at radius 3 is 2.61 bits per heavy atom. The summed E-state index contributed by atoms with van der Waals surface area (Å²) >= 11 is 5.81. The van der Waals surface area contributed by atoms with Gasteiger partial charge in [0.2, 0.25) is 0 Å². The van der Waals surface area contributed by atoms with Gasteiger partial charge in [-0.3, -0.25) is 0 Å². The van der Waals surface area contributed by atoms with Crippen LogP contribution in [0.2, 0.25) is 5.02 Å². The van der Waals surface area contributed by atoms with Crippen molar-refractivity contribution in [1.82, 2.24) is 5.32 Å². The van der Waals surface area contributed by atoms with Gasteiger partial charge in [0.1, 0.15) is 5.76 Å². The van der Waals surface area contributed by atoms with Crippen molar-refractivity contribution in [2.75, 3.05) is 6.54 Å². The average molecular weight is 283 g/mol. The Balaban J connectivity index is 0.00000162. The molecule has 0 aliphatic heterocycles.